The molecule has 0 aliphatic heterocycles. The largest absolute Gasteiger partial charge is 0.492 e. The first-order valence-electron chi connectivity index (χ1n) is 6.58. The van der Waals surface area contributed by atoms with Gasteiger partial charge in [0.1, 0.15) is 5.75 Å². The van der Waals surface area contributed by atoms with Gasteiger partial charge in [-0.3, -0.25) is 4.79 Å². The number of benzene rings is 1. The molecule has 0 heterocycles. The van der Waals surface area contributed by atoms with E-state index in [1.807, 2.05) is 6.92 Å². The molecule has 1 aromatic carbocycles. The van der Waals surface area contributed by atoms with Crippen molar-refractivity contribution in [1.82, 2.24) is 5.32 Å². The molecule has 0 atom stereocenters. The highest BCUT2D eigenvalue weighted by molar-refractivity contribution is 5.95. The third-order valence-corrected chi connectivity index (χ3v) is 3.33. The van der Waals surface area contributed by atoms with E-state index < -0.39 is 0 Å². The van der Waals surface area contributed by atoms with Crippen molar-refractivity contribution in [3.63, 3.8) is 0 Å². The van der Waals surface area contributed by atoms with Gasteiger partial charge in [0.05, 0.1) is 18.4 Å². The van der Waals surface area contributed by atoms with Gasteiger partial charge in [-0.15, -0.1) is 0 Å². The molecule has 1 saturated carbocycles. The van der Waals surface area contributed by atoms with Crippen LogP contribution in [0.3, 0.4) is 0 Å². The maximum atomic E-state index is 11.9. The molecule has 0 unspecified atom stereocenters. The van der Waals surface area contributed by atoms with Gasteiger partial charge in [-0.05, 0) is 43.9 Å². The molecule has 1 aromatic rings. The fourth-order valence-corrected chi connectivity index (χ4v) is 2.18. The molecule has 1 fully saturated rings. The van der Waals surface area contributed by atoms with E-state index in [1.165, 1.54) is 0 Å². The van der Waals surface area contributed by atoms with Crippen molar-refractivity contribution in [2.75, 3.05) is 18.9 Å². The molecule has 104 valence electrons. The van der Waals surface area contributed by atoms with E-state index >= 15 is 0 Å². The molecule has 1 amide bonds. The van der Waals surface area contributed by atoms with Crippen molar-refractivity contribution >= 4 is 11.6 Å². The molecule has 1 aliphatic rings. The van der Waals surface area contributed by atoms with E-state index in [1.54, 1.807) is 18.2 Å². The second kappa shape index (κ2) is 5.93. The van der Waals surface area contributed by atoms with Gasteiger partial charge in [0.15, 0.2) is 0 Å². The number of amides is 1. The number of aliphatic hydroxyl groups is 1. The van der Waals surface area contributed by atoms with Crippen LogP contribution in [-0.2, 0) is 0 Å². The number of rotatable bonds is 5. The van der Waals surface area contributed by atoms with Crippen LogP contribution in [-0.4, -0.2) is 30.3 Å². The fourth-order valence-electron chi connectivity index (χ4n) is 2.18. The van der Waals surface area contributed by atoms with Crippen LogP contribution >= 0.6 is 0 Å². The Balaban J connectivity index is 1.90. The highest BCUT2D eigenvalue weighted by Gasteiger charge is 2.27. The summed E-state index contributed by atoms with van der Waals surface area (Å²) in [5.74, 6) is 0.844. The van der Waals surface area contributed by atoms with Gasteiger partial charge in [0.2, 0.25) is 0 Å². The van der Waals surface area contributed by atoms with E-state index in [4.69, 9.17) is 10.5 Å². The lowest BCUT2D eigenvalue weighted by Gasteiger charge is -2.31. The van der Waals surface area contributed by atoms with Gasteiger partial charge in [0.25, 0.3) is 5.91 Å². The number of ether oxygens (including phenoxy) is 1. The molecule has 0 bridgehead atoms. The average Bonchev–Trinajstić information content (AvgIpc) is 2.35. The lowest BCUT2D eigenvalue weighted by atomic mass is 9.82. The lowest BCUT2D eigenvalue weighted by molar-refractivity contribution is 0.0420. The molecule has 1 aliphatic carbocycles. The Morgan fingerprint density at radius 3 is 2.84 bits per heavy atom. The summed E-state index contributed by atoms with van der Waals surface area (Å²) in [4.78, 5) is 11.9. The van der Waals surface area contributed by atoms with Gasteiger partial charge in [0, 0.05) is 12.1 Å². The number of carbonyl (C=O) groups excluding carboxylic acids is 1. The molecule has 0 radical (unpaired) electrons. The van der Waals surface area contributed by atoms with Crippen LogP contribution < -0.4 is 15.8 Å². The summed E-state index contributed by atoms with van der Waals surface area (Å²) in [5.41, 5.74) is 6.81. The zero-order chi connectivity index (χ0) is 13.8. The number of hydrogen-bond acceptors (Lipinski definition) is 4. The van der Waals surface area contributed by atoms with Gasteiger partial charge in [-0.1, -0.05) is 0 Å². The standard InChI is InChI=1S/C14H20N2O3/c1-2-19-13-4-3-10(7-12(13)15)14(18)16-8-9-5-11(17)6-9/h3-4,7,9,11,17H,2,5-6,8,15H2,1H3,(H,16,18). The summed E-state index contributed by atoms with van der Waals surface area (Å²) in [7, 11) is 0. The summed E-state index contributed by atoms with van der Waals surface area (Å²) in [5, 5.41) is 12.0. The zero-order valence-electron chi connectivity index (χ0n) is 11.1. The molecule has 0 aromatic heterocycles. The normalized spacial score (nSPS) is 21.6. The molecule has 4 N–H and O–H groups in total. The predicted octanol–water partition coefficient (Wildman–Crippen LogP) is 1.17. The number of nitrogens with two attached hydrogens (primary N) is 1. The Kier molecular flexibility index (Phi) is 4.27. The predicted molar refractivity (Wildman–Crippen MR) is 73.1 cm³/mol. The molecule has 0 spiro atoms. The first kappa shape index (κ1) is 13.7. The van der Waals surface area contributed by atoms with Crippen LogP contribution in [0.15, 0.2) is 18.2 Å². The Hall–Kier alpha value is -1.75. The van der Waals surface area contributed by atoms with Crippen molar-refractivity contribution in [1.29, 1.82) is 0 Å². The van der Waals surface area contributed by atoms with Gasteiger partial charge >= 0.3 is 0 Å². The van der Waals surface area contributed by atoms with Crippen LogP contribution in [0.2, 0.25) is 0 Å². The summed E-state index contributed by atoms with van der Waals surface area (Å²) in [6.45, 7) is 3.02. The Morgan fingerprint density at radius 1 is 1.53 bits per heavy atom. The Bertz CT molecular complexity index is 456. The van der Waals surface area contributed by atoms with Gasteiger partial charge < -0.3 is 20.9 Å². The zero-order valence-corrected chi connectivity index (χ0v) is 11.1. The molecule has 0 saturated heterocycles. The highest BCUT2D eigenvalue weighted by Crippen LogP contribution is 2.26. The van der Waals surface area contributed by atoms with E-state index in [2.05, 4.69) is 5.32 Å². The monoisotopic (exact) mass is 264 g/mol. The van der Waals surface area contributed by atoms with Crippen LogP contribution in [0.5, 0.6) is 5.75 Å². The van der Waals surface area contributed by atoms with Crippen molar-refractivity contribution in [2.45, 2.75) is 25.9 Å². The van der Waals surface area contributed by atoms with E-state index in [9.17, 15) is 9.90 Å². The quantitative estimate of drug-likeness (QED) is 0.697. The average molecular weight is 264 g/mol. The van der Waals surface area contributed by atoms with Gasteiger partial charge in [-0.25, -0.2) is 0 Å². The third kappa shape index (κ3) is 3.38. The summed E-state index contributed by atoms with van der Waals surface area (Å²) in [6, 6.07) is 5.03. The van der Waals surface area contributed by atoms with E-state index in [-0.39, 0.29) is 12.0 Å². The van der Waals surface area contributed by atoms with Gasteiger partial charge in [-0.2, -0.15) is 0 Å². The number of nitrogen functional groups attached to an aromatic ring is 1. The first-order valence-corrected chi connectivity index (χ1v) is 6.58. The Labute approximate surface area is 112 Å². The SMILES string of the molecule is CCOc1ccc(C(=O)NCC2CC(O)C2)cc1N. The maximum absolute atomic E-state index is 11.9. The summed E-state index contributed by atoms with van der Waals surface area (Å²) < 4.78 is 5.32. The summed E-state index contributed by atoms with van der Waals surface area (Å²) in [6.07, 6.45) is 1.35. The smallest absolute Gasteiger partial charge is 0.251 e. The minimum absolute atomic E-state index is 0.142. The van der Waals surface area contributed by atoms with Crippen molar-refractivity contribution < 1.29 is 14.6 Å². The van der Waals surface area contributed by atoms with Crippen LogP contribution in [0.25, 0.3) is 0 Å². The number of hydrogen-bond donors (Lipinski definition) is 3. The fraction of sp³-hybridized carbons (Fsp3) is 0.500. The second-order valence-corrected chi connectivity index (χ2v) is 4.89. The minimum Gasteiger partial charge on any atom is -0.492 e. The molecule has 2 rings (SSSR count). The maximum Gasteiger partial charge on any atom is 0.251 e. The molecule has 5 heteroatoms. The Morgan fingerprint density at radius 2 is 2.26 bits per heavy atom. The minimum atomic E-state index is -0.192. The van der Waals surface area contributed by atoms with Crippen LogP contribution in [0.1, 0.15) is 30.1 Å². The molecular formula is C14H20N2O3. The number of anilines is 1. The van der Waals surface area contributed by atoms with Crippen molar-refractivity contribution in [3.05, 3.63) is 23.8 Å². The highest BCUT2D eigenvalue weighted by atomic mass is 16.5. The number of carbonyl (C=O) groups is 1. The second-order valence-electron chi connectivity index (χ2n) is 4.89. The van der Waals surface area contributed by atoms with Crippen molar-refractivity contribution in [2.24, 2.45) is 5.92 Å². The number of nitrogens with one attached hydrogen (secondary N) is 1. The molecule has 19 heavy (non-hydrogen) atoms. The summed E-state index contributed by atoms with van der Waals surface area (Å²) >= 11 is 0. The van der Waals surface area contributed by atoms with E-state index in [0.717, 1.165) is 12.8 Å². The number of aliphatic hydroxyl groups excluding tert-OH is 1. The van der Waals surface area contributed by atoms with Crippen molar-refractivity contribution in [3.8, 4) is 5.75 Å². The topological polar surface area (TPSA) is 84.6 Å². The lowest BCUT2D eigenvalue weighted by Crippen LogP contribution is -2.38. The van der Waals surface area contributed by atoms with Crippen LogP contribution in [0, 0.1) is 5.92 Å². The first-order chi connectivity index (χ1) is 9.10. The third-order valence-electron chi connectivity index (χ3n) is 3.33. The van der Waals surface area contributed by atoms with Crippen LogP contribution in [0.4, 0.5) is 5.69 Å². The molecule has 5 nitrogen and oxygen atoms in total. The molecular weight excluding hydrogens is 244 g/mol. The van der Waals surface area contributed by atoms with E-state index in [0.29, 0.717) is 36.1 Å².